The summed E-state index contributed by atoms with van der Waals surface area (Å²) in [6, 6.07) is 12.5. The molecule has 1 aromatic carbocycles. The second-order valence-corrected chi connectivity index (χ2v) is 8.49. The van der Waals surface area contributed by atoms with Gasteiger partial charge in [-0.05, 0) is 58.2 Å². The molecule has 1 aliphatic carbocycles. The van der Waals surface area contributed by atoms with Crippen LogP contribution in [0.2, 0.25) is 0 Å². The monoisotopic (exact) mass is 499 g/mol. The van der Waals surface area contributed by atoms with E-state index in [1.807, 2.05) is 7.05 Å². The molecule has 3 unspecified atom stereocenters. The summed E-state index contributed by atoms with van der Waals surface area (Å²) >= 11 is 0. The van der Waals surface area contributed by atoms with Crippen LogP contribution < -0.4 is 10.6 Å². The zero-order valence-electron chi connectivity index (χ0n) is 17.9. The highest BCUT2D eigenvalue weighted by Gasteiger charge is 2.32. The Morgan fingerprint density at radius 2 is 1.93 bits per heavy atom. The van der Waals surface area contributed by atoms with E-state index >= 15 is 0 Å². The summed E-state index contributed by atoms with van der Waals surface area (Å²) in [7, 11) is 6.25. The van der Waals surface area contributed by atoms with Crippen LogP contribution in [0.15, 0.2) is 35.3 Å². The van der Waals surface area contributed by atoms with Gasteiger partial charge in [0.05, 0.1) is 0 Å². The number of hydrogen-bond acceptors (Lipinski definition) is 3. The van der Waals surface area contributed by atoms with Gasteiger partial charge in [0.1, 0.15) is 0 Å². The number of hydrogen-bond donors (Lipinski definition) is 2. The van der Waals surface area contributed by atoms with Crippen molar-refractivity contribution in [2.75, 3.05) is 34.2 Å². The normalized spacial score (nSPS) is 24.5. The second-order valence-electron chi connectivity index (χ2n) is 8.49. The third kappa shape index (κ3) is 6.88. The van der Waals surface area contributed by atoms with Crippen LogP contribution in [-0.4, -0.2) is 68.1 Å². The lowest BCUT2D eigenvalue weighted by molar-refractivity contribution is 0.134. The molecule has 0 aromatic heterocycles. The molecule has 158 valence electrons. The maximum absolute atomic E-state index is 4.47. The zero-order chi connectivity index (χ0) is 19.2. The first kappa shape index (κ1) is 23.4. The van der Waals surface area contributed by atoms with Crippen molar-refractivity contribution in [1.29, 1.82) is 0 Å². The molecule has 0 bridgehead atoms. The molecular formula is C22H38IN5. The molecule has 3 atom stereocenters. The smallest absolute Gasteiger partial charge is 0.191 e. The molecule has 5 nitrogen and oxygen atoms in total. The van der Waals surface area contributed by atoms with Gasteiger partial charge < -0.3 is 15.5 Å². The lowest BCUT2D eigenvalue weighted by Crippen LogP contribution is -2.53. The van der Waals surface area contributed by atoms with Gasteiger partial charge in [-0.2, -0.15) is 0 Å². The van der Waals surface area contributed by atoms with Crippen molar-refractivity contribution < 1.29 is 0 Å². The average molecular weight is 499 g/mol. The largest absolute Gasteiger partial charge is 0.355 e. The van der Waals surface area contributed by atoms with E-state index in [2.05, 4.69) is 76.8 Å². The molecule has 1 heterocycles. The van der Waals surface area contributed by atoms with Crippen LogP contribution in [0.1, 0.15) is 38.2 Å². The van der Waals surface area contributed by atoms with Crippen LogP contribution in [-0.2, 0) is 6.54 Å². The number of benzene rings is 1. The fourth-order valence-electron chi connectivity index (χ4n) is 4.25. The predicted octanol–water partition coefficient (Wildman–Crippen LogP) is 3.16. The Kier molecular flexibility index (Phi) is 9.50. The minimum absolute atomic E-state index is 0. The second kappa shape index (κ2) is 11.4. The Labute approximate surface area is 188 Å². The van der Waals surface area contributed by atoms with E-state index in [4.69, 9.17) is 0 Å². The van der Waals surface area contributed by atoms with E-state index in [9.17, 15) is 0 Å². The standard InChI is InChI=1S/C22H37N5.HI/c1-17-14-20(12-13-27(17)16-18-8-6-5-7-9-18)25-22(23-2)24-15-21(26(3)4)19-10-11-19;/h5-9,17,19-21H,10-16H2,1-4H3,(H2,23,24,25);1H. The minimum Gasteiger partial charge on any atom is -0.355 e. The van der Waals surface area contributed by atoms with Crippen LogP contribution in [0.3, 0.4) is 0 Å². The van der Waals surface area contributed by atoms with Gasteiger partial charge in [-0.25, -0.2) is 0 Å². The van der Waals surface area contributed by atoms with Gasteiger partial charge in [-0.15, -0.1) is 24.0 Å². The predicted molar refractivity (Wildman–Crippen MR) is 129 cm³/mol. The fourth-order valence-corrected chi connectivity index (χ4v) is 4.25. The average Bonchev–Trinajstić information content (AvgIpc) is 3.49. The number of guanidine groups is 1. The highest BCUT2D eigenvalue weighted by atomic mass is 127. The lowest BCUT2D eigenvalue weighted by Gasteiger charge is -2.38. The van der Waals surface area contributed by atoms with Gasteiger partial charge in [0.25, 0.3) is 0 Å². The Morgan fingerprint density at radius 3 is 2.50 bits per heavy atom. The number of piperidine rings is 1. The SMILES string of the molecule is CN=C(NCC(C1CC1)N(C)C)NC1CCN(Cc2ccccc2)C(C)C1.I. The molecule has 1 aromatic rings. The van der Waals surface area contributed by atoms with Gasteiger partial charge in [0.15, 0.2) is 5.96 Å². The molecule has 1 saturated carbocycles. The van der Waals surface area contributed by atoms with Crippen molar-refractivity contribution in [3.63, 3.8) is 0 Å². The molecule has 0 spiro atoms. The number of likely N-dealkylation sites (N-methyl/N-ethyl adjacent to an activating group) is 1. The number of rotatable bonds is 7. The van der Waals surface area contributed by atoms with Gasteiger partial charge in [0.2, 0.25) is 0 Å². The van der Waals surface area contributed by atoms with E-state index in [-0.39, 0.29) is 24.0 Å². The van der Waals surface area contributed by atoms with Crippen LogP contribution >= 0.6 is 24.0 Å². The molecule has 2 N–H and O–H groups in total. The van der Waals surface area contributed by atoms with E-state index in [1.165, 1.54) is 18.4 Å². The Morgan fingerprint density at radius 1 is 1.21 bits per heavy atom. The Hall–Kier alpha value is -0.860. The van der Waals surface area contributed by atoms with Crippen LogP contribution in [0.5, 0.6) is 0 Å². The van der Waals surface area contributed by atoms with Gasteiger partial charge in [-0.1, -0.05) is 30.3 Å². The maximum atomic E-state index is 4.47. The first-order valence-corrected chi connectivity index (χ1v) is 10.5. The van der Waals surface area contributed by atoms with Crippen LogP contribution in [0.25, 0.3) is 0 Å². The summed E-state index contributed by atoms with van der Waals surface area (Å²) < 4.78 is 0. The van der Waals surface area contributed by atoms with E-state index < -0.39 is 0 Å². The molecule has 1 saturated heterocycles. The number of halogens is 1. The lowest BCUT2D eigenvalue weighted by atomic mass is 9.97. The Balaban J connectivity index is 0.00000280. The zero-order valence-corrected chi connectivity index (χ0v) is 20.2. The number of nitrogens with zero attached hydrogens (tertiary/aromatic N) is 3. The highest BCUT2D eigenvalue weighted by Crippen LogP contribution is 2.34. The van der Waals surface area contributed by atoms with Crippen molar-refractivity contribution in [3.05, 3.63) is 35.9 Å². The van der Waals surface area contributed by atoms with E-state index in [1.54, 1.807) is 0 Å². The topological polar surface area (TPSA) is 42.9 Å². The molecule has 1 aliphatic heterocycles. The maximum Gasteiger partial charge on any atom is 0.191 e. The van der Waals surface area contributed by atoms with E-state index in [0.717, 1.165) is 44.4 Å². The number of aliphatic imine (C=N–C) groups is 1. The third-order valence-corrected chi connectivity index (χ3v) is 6.11. The van der Waals surface area contributed by atoms with Crippen molar-refractivity contribution >= 4 is 29.9 Å². The fraction of sp³-hybridized carbons (Fsp3) is 0.682. The quantitative estimate of drug-likeness (QED) is 0.344. The molecule has 2 aliphatic rings. The summed E-state index contributed by atoms with van der Waals surface area (Å²) in [6.45, 7) is 5.50. The molecule has 6 heteroatoms. The van der Waals surface area contributed by atoms with Crippen LogP contribution in [0, 0.1) is 5.92 Å². The van der Waals surface area contributed by atoms with Gasteiger partial charge in [-0.3, -0.25) is 9.89 Å². The van der Waals surface area contributed by atoms with Crippen molar-refractivity contribution in [1.82, 2.24) is 20.4 Å². The molecular weight excluding hydrogens is 461 g/mol. The van der Waals surface area contributed by atoms with Gasteiger partial charge in [0, 0.05) is 44.8 Å². The number of nitrogens with one attached hydrogen (secondary N) is 2. The molecule has 0 radical (unpaired) electrons. The Bertz CT molecular complexity index is 600. The summed E-state index contributed by atoms with van der Waals surface area (Å²) in [6.07, 6.45) is 5.06. The molecule has 2 fully saturated rings. The third-order valence-electron chi connectivity index (χ3n) is 6.11. The molecule has 3 rings (SSSR count). The van der Waals surface area contributed by atoms with Crippen LogP contribution in [0.4, 0.5) is 0 Å². The highest BCUT2D eigenvalue weighted by molar-refractivity contribution is 14.0. The molecule has 0 amide bonds. The van der Waals surface area contributed by atoms with E-state index in [0.29, 0.717) is 18.1 Å². The summed E-state index contributed by atoms with van der Waals surface area (Å²) in [5.74, 6) is 1.81. The summed E-state index contributed by atoms with van der Waals surface area (Å²) in [5.41, 5.74) is 1.41. The van der Waals surface area contributed by atoms with Gasteiger partial charge >= 0.3 is 0 Å². The van der Waals surface area contributed by atoms with Crippen molar-refractivity contribution in [2.24, 2.45) is 10.9 Å². The first-order chi connectivity index (χ1) is 13.1. The molecule has 28 heavy (non-hydrogen) atoms. The van der Waals surface area contributed by atoms with Crippen molar-refractivity contribution in [3.8, 4) is 0 Å². The first-order valence-electron chi connectivity index (χ1n) is 10.5. The summed E-state index contributed by atoms with van der Waals surface area (Å²) in [5, 5.41) is 7.24. The summed E-state index contributed by atoms with van der Waals surface area (Å²) in [4.78, 5) is 9.41. The number of likely N-dealkylation sites (tertiary alicyclic amines) is 1. The minimum atomic E-state index is 0. The van der Waals surface area contributed by atoms with Crippen molar-refractivity contribution in [2.45, 2.75) is 57.3 Å².